The van der Waals surface area contributed by atoms with Crippen molar-refractivity contribution in [3.63, 3.8) is 0 Å². The van der Waals surface area contributed by atoms with Gasteiger partial charge in [-0.3, -0.25) is 0 Å². The Bertz CT molecular complexity index is 504. The number of hydrogen-bond donors (Lipinski definition) is 2. The molecule has 2 atom stereocenters. The lowest BCUT2D eigenvalue weighted by atomic mass is 9.80. The van der Waals surface area contributed by atoms with Crippen LogP contribution in [0.4, 0.5) is 4.39 Å². The van der Waals surface area contributed by atoms with Crippen LogP contribution in [0.25, 0.3) is 0 Å². The molecule has 2 fully saturated rings. The first-order chi connectivity index (χ1) is 10.1. The van der Waals surface area contributed by atoms with E-state index in [0.717, 1.165) is 19.3 Å². The van der Waals surface area contributed by atoms with Crippen molar-refractivity contribution in [3.8, 4) is 5.75 Å². The molecule has 0 aromatic heterocycles. The summed E-state index contributed by atoms with van der Waals surface area (Å²) >= 11 is 0. The zero-order valence-corrected chi connectivity index (χ0v) is 11.6. The molecule has 1 spiro atoms. The molecule has 0 saturated carbocycles. The molecular formula is C14H18BFO5. The highest BCUT2D eigenvalue weighted by molar-refractivity contribution is 6.58. The number of hydrogen-bond acceptors (Lipinski definition) is 5. The van der Waals surface area contributed by atoms with Gasteiger partial charge < -0.3 is 24.3 Å². The van der Waals surface area contributed by atoms with Crippen molar-refractivity contribution in [1.29, 1.82) is 0 Å². The van der Waals surface area contributed by atoms with Gasteiger partial charge in [0.1, 0.15) is 17.7 Å². The molecule has 2 N–H and O–H groups in total. The summed E-state index contributed by atoms with van der Waals surface area (Å²) < 4.78 is 30.7. The quantitative estimate of drug-likeness (QED) is 0.781. The second kappa shape index (κ2) is 5.92. The van der Waals surface area contributed by atoms with Crippen LogP contribution < -0.4 is 10.2 Å². The Hall–Kier alpha value is -1.15. The molecule has 0 aliphatic carbocycles. The molecule has 7 heteroatoms. The fourth-order valence-corrected chi connectivity index (χ4v) is 2.93. The molecule has 2 saturated heterocycles. The van der Waals surface area contributed by atoms with Crippen LogP contribution in [0.15, 0.2) is 18.2 Å². The number of ether oxygens (including phenoxy) is 3. The molecule has 114 valence electrons. The first-order valence-electron chi connectivity index (χ1n) is 7.12. The molecule has 5 nitrogen and oxygen atoms in total. The predicted octanol–water partition coefficient (Wildman–Crippen LogP) is 0.222. The van der Waals surface area contributed by atoms with Crippen LogP contribution >= 0.6 is 0 Å². The van der Waals surface area contributed by atoms with Crippen molar-refractivity contribution < 1.29 is 28.6 Å². The van der Waals surface area contributed by atoms with Crippen LogP contribution in [0.2, 0.25) is 0 Å². The van der Waals surface area contributed by atoms with Crippen LogP contribution in [0.5, 0.6) is 5.75 Å². The zero-order chi connectivity index (χ0) is 14.9. The van der Waals surface area contributed by atoms with Crippen LogP contribution in [0.1, 0.15) is 19.3 Å². The molecule has 21 heavy (non-hydrogen) atoms. The summed E-state index contributed by atoms with van der Waals surface area (Å²) in [6.45, 7) is 1.88. The smallest absolute Gasteiger partial charge is 0.490 e. The third-order valence-corrected chi connectivity index (χ3v) is 4.07. The van der Waals surface area contributed by atoms with E-state index >= 15 is 0 Å². The summed E-state index contributed by atoms with van der Waals surface area (Å²) in [6.07, 6.45) is 2.27. The minimum absolute atomic E-state index is 0.0512. The number of rotatable bonds is 3. The van der Waals surface area contributed by atoms with E-state index in [2.05, 4.69) is 0 Å². The highest BCUT2D eigenvalue weighted by atomic mass is 19.1. The second-order valence-corrected chi connectivity index (χ2v) is 5.62. The third kappa shape index (κ3) is 3.21. The Kier molecular flexibility index (Phi) is 4.17. The molecule has 2 heterocycles. The summed E-state index contributed by atoms with van der Waals surface area (Å²) in [5.74, 6) is -0.300. The summed E-state index contributed by atoms with van der Waals surface area (Å²) in [5.41, 5.74) is -0.419. The lowest BCUT2D eigenvalue weighted by Crippen LogP contribution is -2.44. The first kappa shape index (κ1) is 14.8. The van der Waals surface area contributed by atoms with Gasteiger partial charge in [-0.15, -0.1) is 0 Å². The summed E-state index contributed by atoms with van der Waals surface area (Å²) in [6, 6.07) is 4.05. The fraction of sp³-hybridized carbons (Fsp3) is 0.571. The van der Waals surface area contributed by atoms with Crippen molar-refractivity contribution in [3.05, 3.63) is 24.0 Å². The maximum absolute atomic E-state index is 13.7. The summed E-state index contributed by atoms with van der Waals surface area (Å²) in [4.78, 5) is 0. The summed E-state index contributed by atoms with van der Waals surface area (Å²) in [7, 11) is -1.82. The summed E-state index contributed by atoms with van der Waals surface area (Å²) in [5, 5.41) is 18.0. The average molecular weight is 296 g/mol. The van der Waals surface area contributed by atoms with Gasteiger partial charge in [-0.2, -0.15) is 0 Å². The van der Waals surface area contributed by atoms with Gasteiger partial charge in [-0.25, -0.2) is 4.39 Å². The van der Waals surface area contributed by atoms with Crippen LogP contribution in [-0.2, 0) is 9.47 Å². The van der Waals surface area contributed by atoms with Gasteiger partial charge >= 0.3 is 7.12 Å². The Morgan fingerprint density at radius 3 is 2.86 bits per heavy atom. The second-order valence-electron chi connectivity index (χ2n) is 5.62. The number of halogens is 1. The van der Waals surface area contributed by atoms with Crippen LogP contribution in [-0.4, -0.2) is 48.7 Å². The average Bonchev–Trinajstić information content (AvgIpc) is 2.86. The minimum Gasteiger partial charge on any atom is -0.490 e. The number of benzene rings is 1. The van der Waals surface area contributed by atoms with Crippen molar-refractivity contribution >= 4 is 12.6 Å². The van der Waals surface area contributed by atoms with Crippen molar-refractivity contribution in [2.75, 3.05) is 19.8 Å². The van der Waals surface area contributed by atoms with Crippen LogP contribution in [0.3, 0.4) is 0 Å². The Balaban J connectivity index is 1.67. The lowest BCUT2D eigenvalue weighted by Gasteiger charge is -2.37. The minimum atomic E-state index is -1.82. The van der Waals surface area contributed by atoms with Gasteiger partial charge in [0.2, 0.25) is 0 Å². The molecule has 2 unspecified atom stereocenters. The Morgan fingerprint density at radius 2 is 2.19 bits per heavy atom. The van der Waals surface area contributed by atoms with Gasteiger partial charge in [0.25, 0.3) is 0 Å². The van der Waals surface area contributed by atoms with Gasteiger partial charge in [0, 0.05) is 37.4 Å². The molecule has 1 aromatic carbocycles. The van der Waals surface area contributed by atoms with Crippen molar-refractivity contribution in [2.45, 2.75) is 31.0 Å². The van der Waals surface area contributed by atoms with E-state index in [9.17, 15) is 4.39 Å². The SMILES string of the molecule is OB(O)c1ccc(OC2CCOC3(CCOC3)C2)cc1F. The lowest BCUT2D eigenvalue weighted by molar-refractivity contribution is -0.112. The molecule has 0 radical (unpaired) electrons. The molecule has 1 aromatic rings. The first-order valence-corrected chi connectivity index (χ1v) is 7.12. The van der Waals surface area contributed by atoms with E-state index in [1.165, 1.54) is 12.1 Å². The molecule has 0 amide bonds. The fourth-order valence-electron chi connectivity index (χ4n) is 2.93. The van der Waals surface area contributed by atoms with E-state index in [1.54, 1.807) is 6.07 Å². The highest BCUT2D eigenvalue weighted by Gasteiger charge is 2.41. The molecule has 0 bridgehead atoms. The van der Waals surface area contributed by atoms with E-state index in [0.29, 0.717) is 25.6 Å². The molecular weight excluding hydrogens is 278 g/mol. The van der Waals surface area contributed by atoms with Crippen molar-refractivity contribution in [2.24, 2.45) is 0 Å². The van der Waals surface area contributed by atoms with E-state index in [-0.39, 0.29) is 17.2 Å². The van der Waals surface area contributed by atoms with Gasteiger partial charge in [-0.1, -0.05) is 6.07 Å². The third-order valence-electron chi connectivity index (χ3n) is 4.07. The maximum atomic E-state index is 13.7. The topological polar surface area (TPSA) is 68.2 Å². The highest BCUT2D eigenvalue weighted by Crippen LogP contribution is 2.34. The maximum Gasteiger partial charge on any atom is 0.491 e. The van der Waals surface area contributed by atoms with E-state index in [1.807, 2.05) is 0 Å². The van der Waals surface area contributed by atoms with E-state index < -0.39 is 12.9 Å². The standard InChI is InChI=1S/C14H18BFO5/c16-13-7-10(1-2-12(13)15(17)18)21-11-3-5-20-14(8-11)4-6-19-9-14/h1-2,7,11,17-18H,3-6,8-9H2. The van der Waals surface area contributed by atoms with Crippen molar-refractivity contribution in [1.82, 2.24) is 0 Å². The monoisotopic (exact) mass is 296 g/mol. The zero-order valence-electron chi connectivity index (χ0n) is 11.6. The Morgan fingerprint density at radius 1 is 1.33 bits per heavy atom. The van der Waals surface area contributed by atoms with Gasteiger partial charge in [0.05, 0.1) is 18.8 Å². The van der Waals surface area contributed by atoms with Gasteiger partial charge in [-0.05, 0) is 6.07 Å². The van der Waals surface area contributed by atoms with E-state index in [4.69, 9.17) is 24.3 Å². The molecule has 3 rings (SSSR count). The molecule has 2 aliphatic heterocycles. The normalized spacial score (nSPS) is 28.8. The molecule has 2 aliphatic rings. The van der Waals surface area contributed by atoms with Crippen LogP contribution in [0, 0.1) is 5.82 Å². The largest absolute Gasteiger partial charge is 0.491 e. The van der Waals surface area contributed by atoms with Gasteiger partial charge in [0.15, 0.2) is 0 Å². The Labute approximate surface area is 122 Å². The predicted molar refractivity (Wildman–Crippen MR) is 74.0 cm³/mol.